The zero-order valence-electron chi connectivity index (χ0n) is 19.8. The second-order valence-corrected chi connectivity index (χ2v) is 9.18. The molecule has 36 heavy (non-hydrogen) atoms. The Balaban J connectivity index is 1.26. The second kappa shape index (κ2) is 9.49. The van der Waals surface area contributed by atoms with E-state index in [4.69, 9.17) is 4.74 Å². The lowest BCUT2D eigenvalue weighted by Gasteiger charge is -2.27. The minimum absolute atomic E-state index is 0.00103. The fourth-order valence-corrected chi connectivity index (χ4v) is 4.79. The number of anilines is 2. The van der Waals surface area contributed by atoms with Crippen LogP contribution in [0, 0.1) is 11.6 Å². The highest BCUT2D eigenvalue weighted by Gasteiger charge is 2.24. The van der Waals surface area contributed by atoms with E-state index in [2.05, 4.69) is 35.5 Å². The van der Waals surface area contributed by atoms with Crippen molar-refractivity contribution < 1.29 is 13.5 Å². The summed E-state index contributed by atoms with van der Waals surface area (Å²) in [4.78, 5) is 19.6. The molecule has 2 aliphatic rings. The molecule has 5 heterocycles. The summed E-state index contributed by atoms with van der Waals surface area (Å²) in [5.74, 6) is 0.180. The molecule has 1 saturated heterocycles. The van der Waals surface area contributed by atoms with Crippen LogP contribution in [0.1, 0.15) is 24.4 Å². The third-order valence-corrected chi connectivity index (χ3v) is 6.55. The topological polar surface area (TPSA) is 93.0 Å². The van der Waals surface area contributed by atoms with Crippen molar-refractivity contribution in [3.05, 3.63) is 59.7 Å². The van der Waals surface area contributed by atoms with Crippen molar-refractivity contribution in [1.82, 2.24) is 34.7 Å². The first-order chi connectivity index (χ1) is 17.5. The number of imidazole rings is 1. The molecule has 0 bridgehead atoms. The summed E-state index contributed by atoms with van der Waals surface area (Å²) < 4.78 is 37.3. The largest absolute Gasteiger partial charge is 0.371 e. The molecular weight excluding hydrogens is 466 g/mol. The zero-order chi connectivity index (χ0) is 24.6. The van der Waals surface area contributed by atoms with Gasteiger partial charge >= 0.3 is 0 Å². The van der Waals surface area contributed by atoms with E-state index in [1.807, 2.05) is 29.8 Å². The zero-order valence-corrected chi connectivity index (χ0v) is 19.8. The predicted octanol–water partition coefficient (Wildman–Crippen LogP) is 3.41. The Morgan fingerprint density at radius 2 is 1.94 bits per heavy atom. The van der Waals surface area contributed by atoms with Gasteiger partial charge in [0.2, 0.25) is 5.95 Å². The maximum absolute atomic E-state index is 15.0. The number of fused-ring (bicyclic) bond motifs is 3. The van der Waals surface area contributed by atoms with Gasteiger partial charge in [0, 0.05) is 44.5 Å². The lowest BCUT2D eigenvalue weighted by Crippen LogP contribution is -2.42. The maximum atomic E-state index is 15.0. The number of rotatable bonds is 5. The number of benzene rings is 1. The molecule has 6 rings (SSSR count). The molecule has 0 saturated carbocycles. The molecule has 0 amide bonds. The number of ether oxygens (including phenoxy) is 1. The summed E-state index contributed by atoms with van der Waals surface area (Å²) in [6.45, 7) is 7.62. The van der Waals surface area contributed by atoms with Crippen molar-refractivity contribution in [1.29, 1.82) is 0 Å². The first-order valence-electron chi connectivity index (χ1n) is 12.0. The number of pyridine rings is 1. The van der Waals surface area contributed by atoms with Gasteiger partial charge in [-0.2, -0.15) is 0 Å². The van der Waals surface area contributed by atoms with Crippen molar-refractivity contribution in [2.75, 3.05) is 38.1 Å². The SMILES string of the molecule is CC1COCc2nc3c(F)cc(-c4nc(Nc5ccc(CN6CCNCC6)cn5)ncc4F)cc3n21. The monoisotopic (exact) mass is 492 g/mol. The lowest BCUT2D eigenvalue weighted by atomic mass is 10.1. The van der Waals surface area contributed by atoms with E-state index in [0.29, 0.717) is 35.9 Å². The Kier molecular flexibility index (Phi) is 6.04. The van der Waals surface area contributed by atoms with Crippen LogP contribution in [0.5, 0.6) is 0 Å². The molecule has 1 aromatic carbocycles. The van der Waals surface area contributed by atoms with Gasteiger partial charge in [-0.25, -0.2) is 28.7 Å². The Morgan fingerprint density at radius 1 is 1.08 bits per heavy atom. The van der Waals surface area contributed by atoms with Crippen molar-refractivity contribution in [2.45, 2.75) is 26.1 Å². The molecule has 0 aliphatic carbocycles. The van der Waals surface area contributed by atoms with Crippen LogP contribution in [-0.2, 0) is 17.9 Å². The van der Waals surface area contributed by atoms with Crippen LogP contribution < -0.4 is 10.6 Å². The highest BCUT2D eigenvalue weighted by molar-refractivity contribution is 5.83. The Labute approximate surface area is 206 Å². The Morgan fingerprint density at radius 3 is 2.75 bits per heavy atom. The molecule has 9 nitrogen and oxygen atoms in total. The molecule has 2 N–H and O–H groups in total. The average molecular weight is 493 g/mol. The van der Waals surface area contributed by atoms with Crippen LogP contribution in [0.2, 0.25) is 0 Å². The van der Waals surface area contributed by atoms with Gasteiger partial charge in [-0.05, 0) is 30.7 Å². The standard InChI is InChI=1S/C25H26F2N8O/c1-15-13-36-14-22-32-24-18(26)8-17(9-20(24)35(15)22)23-19(27)11-30-25(33-23)31-21-3-2-16(10-29-21)12-34-6-4-28-5-7-34/h2-3,8-11,15,28H,4-7,12-14H2,1H3,(H,29,30,31,33). The van der Waals surface area contributed by atoms with Gasteiger partial charge in [0.15, 0.2) is 11.6 Å². The second-order valence-electron chi connectivity index (χ2n) is 9.18. The molecule has 3 aromatic heterocycles. The van der Waals surface area contributed by atoms with Crippen LogP contribution in [0.3, 0.4) is 0 Å². The van der Waals surface area contributed by atoms with Crippen LogP contribution in [-0.4, -0.2) is 62.2 Å². The molecule has 0 spiro atoms. The number of hydrogen-bond acceptors (Lipinski definition) is 8. The fraction of sp³-hybridized carbons (Fsp3) is 0.360. The first-order valence-corrected chi connectivity index (χ1v) is 12.0. The quantitative estimate of drug-likeness (QED) is 0.438. The number of hydrogen-bond donors (Lipinski definition) is 2. The predicted molar refractivity (Wildman–Crippen MR) is 131 cm³/mol. The number of nitrogens with zero attached hydrogens (tertiary/aromatic N) is 6. The van der Waals surface area contributed by atoms with Crippen molar-refractivity contribution >= 4 is 22.8 Å². The van der Waals surface area contributed by atoms with Crippen LogP contribution in [0.25, 0.3) is 22.3 Å². The van der Waals surface area contributed by atoms with E-state index in [0.717, 1.165) is 44.5 Å². The molecule has 0 radical (unpaired) electrons. The van der Waals surface area contributed by atoms with E-state index in [1.165, 1.54) is 6.07 Å². The van der Waals surface area contributed by atoms with E-state index in [1.54, 1.807) is 6.07 Å². The van der Waals surface area contributed by atoms with Crippen molar-refractivity contribution in [3.8, 4) is 11.3 Å². The van der Waals surface area contributed by atoms with Gasteiger partial charge in [-0.1, -0.05) is 6.07 Å². The minimum atomic E-state index is -0.645. The molecule has 1 unspecified atom stereocenters. The van der Waals surface area contributed by atoms with Gasteiger partial charge in [0.25, 0.3) is 0 Å². The van der Waals surface area contributed by atoms with Gasteiger partial charge in [0.1, 0.15) is 29.5 Å². The summed E-state index contributed by atoms with van der Waals surface area (Å²) in [5.41, 5.74) is 2.24. The molecule has 186 valence electrons. The first kappa shape index (κ1) is 22.9. The van der Waals surface area contributed by atoms with Crippen LogP contribution in [0.15, 0.2) is 36.7 Å². The summed E-state index contributed by atoms with van der Waals surface area (Å²) in [7, 11) is 0. The van der Waals surface area contributed by atoms with Crippen molar-refractivity contribution in [2.24, 2.45) is 0 Å². The van der Waals surface area contributed by atoms with Crippen LogP contribution >= 0.6 is 0 Å². The Bertz CT molecular complexity index is 1400. The normalized spacial score (nSPS) is 18.4. The number of nitrogens with one attached hydrogen (secondary N) is 2. The van der Waals surface area contributed by atoms with Gasteiger partial charge in [0.05, 0.1) is 24.4 Å². The molecule has 11 heteroatoms. The van der Waals surface area contributed by atoms with Gasteiger partial charge < -0.3 is 19.9 Å². The summed E-state index contributed by atoms with van der Waals surface area (Å²) in [5, 5.41) is 6.37. The number of piperazine rings is 1. The molecular formula is C25H26F2N8O. The summed E-state index contributed by atoms with van der Waals surface area (Å²) in [6, 6.07) is 6.80. The molecule has 1 fully saturated rings. The van der Waals surface area contributed by atoms with E-state index in [9.17, 15) is 4.39 Å². The smallest absolute Gasteiger partial charge is 0.229 e. The van der Waals surface area contributed by atoms with E-state index >= 15 is 4.39 Å². The lowest BCUT2D eigenvalue weighted by molar-refractivity contribution is 0.0621. The highest BCUT2D eigenvalue weighted by atomic mass is 19.1. The number of halogens is 2. The third-order valence-electron chi connectivity index (χ3n) is 6.55. The minimum Gasteiger partial charge on any atom is -0.371 e. The van der Waals surface area contributed by atoms with E-state index < -0.39 is 11.6 Å². The van der Waals surface area contributed by atoms with Gasteiger partial charge in [-0.15, -0.1) is 0 Å². The number of aromatic nitrogens is 5. The average Bonchev–Trinajstić information content (AvgIpc) is 3.27. The summed E-state index contributed by atoms with van der Waals surface area (Å²) >= 11 is 0. The highest BCUT2D eigenvalue weighted by Crippen LogP contribution is 2.32. The van der Waals surface area contributed by atoms with Crippen LogP contribution in [0.4, 0.5) is 20.5 Å². The fourth-order valence-electron chi connectivity index (χ4n) is 4.79. The molecule has 2 aliphatic heterocycles. The third kappa shape index (κ3) is 4.41. The molecule has 1 atom stereocenters. The Hall–Kier alpha value is -3.54. The van der Waals surface area contributed by atoms with Crippen molar-refractivity contribution in [3.63, 3.8) is 0 Å². The molecule has 4 aromatic rings. The summed E-state index contributed by atoms with van der Waals surface area (Å²) in [6.07, 6.45) is 2.89. The van der Waals surface area contributed by atoms with Gasteiger partial charge in [-0.3, -0.25) is 4.90 Å². The maximum Gasteiger partial charge on any atom is 0.229 e. The van der Waals surface area contributed by atoms with E-state index in [-0.39, 0.29) is 23.2 Å².